The van der Waals surface area contributed by atoms with Crippen LogP contribution in [0, 0.1) is 5.82 Å². The first kappa shape index (κ1) is 13.4. The number of aryl methyl sites for hydroxylation is 1. The molecule has 0 aliphatic carbocycles. The Bertz CT molecular complexity index is 549. The lowest BCUT2D eigenvalue weighted by Crippen LogP contribution is -2.16. The molecule has 3 heteroatoms. The number of anilines is 2. The van der Waals surface area contributed by atoms with E-state index in [4.69, 9.17) is 5.73 Å². The molecule has 0 saturated heterocycles. The predicted octanol–water partition coefficient (Wildman–Crippen LogP) is 3.61. The van der Waals surface area contributed by atoms with E-state index in [1.807, 2.05) is 13.1 Å². The van der Waals surface area contributed by atoms with E-state index in [1.54, 1.807) is 6.07 Å². The third-order valence-corrected chi connectivity index (χ3v) is 3.27. The average molecular weight is 258 g/mol. The van der Waals surface area contributed by atoms with Gasteiger partial charge in [0.2, 0.25) is 0 Å². The van der Waals surface area contributed by atoms with Crippen molar-refractivity contribution in [1.29, 1.82) is 0 Å². The Balaban J connectivity index is 2.10. The van der Waals surface area contributed by atoms with Gasteiger partial charge in [-0.1, -0.05) is 25.1 Å². The first-order valence-corrected chi connectivity index (χ1v) is 6.44. The van der Waals surface area contributed by atoms with Crippen molar-refractivity contribution in [3.05, 3.63) is 59.4 Å². The summed E-state index contributed by atoms with van der Waals surface area (Å²) in [7, 11) is 2.00. The summed E-state index contributed by atoms with van der Waals surface area (Å²) in [6, 6.07) is 13.4. The van der Waals surface area contributed by atoms with Crippen LogP contribution in [0.4, 0.5) is 15.8 Å². The summed E-state index contributed by atoms with van der Waals surface area (Å²) in [6.07, 6.45) is 1.03. The molecule has 2 rings (SSSR count). The molecular formula is C16H19FN2. The molecule has 0 bridgehead atoms. The Hall–Kier alpha value is -2.03. The SMILES string of the molecule is CCc1ccc(N(C)Cc2ccc(N)c(F)c2)cc1. The lowest BCUT2D eigenvalue weighted by molar-refractivity contribution is 0.630. The fourth-order valence-corrected chi connectivity index (χ4v) is 2.02. The van der Waals surface area contributed by atoms with E-state index in [0.717, 1.165) is 17.7 Å². The molecule has 0 aliphatic rings. The summed E-state index contributed by atoms with van der Waals surface area (Å²) in [5.74, 6) is -0.354. The van der Waals surface area contributed by atoms with Gasteiger partial charge >= 0.3 is 0 Å². The molecule has 0 aromatic heterocycles. The summed E-state index contributed by atoms with van der Waals surface area (Å²) in [5, 5.41) is 0. The van der Waals surface area contributed by atoms with Gasteiger partial charge in [0.15, 0.2) is 0 Å². The Morgan fingerprint density at radius 3 is 2.26 bits per heavy atom. The van der Waals surface area contributed by atoms with Crippen LogP contribution in [0.3, 0.4) is 0 Å². The number of rotatable bonds is 4. The second-order valence-corrected chi connectivity index (χ2v) is 4.73. The molecule has 2 aromatic carbocycles. The van der Waals surface area contributed by atoms with E-state index >= 15 is 0 Å². The van der Waals surface area contributed by atoms with Crippen LogP contribution in [-0.4, -0.2) is 7.05 Å². The van der Waals surface area contributed by atoms with Gasteiger partial charge in [0, 0.05) is 19.3 Å². The number of hydrogen-bond acceptors (Lipinski definition) is 2. The first-order valence-electron chi connectivity index (χ1n) is 6.44. The van der Waals surface area contributed by atoms with Crippen molar-refractivity contribution in [2.24, 2.45) is 0 Å². The molecule has 2 aromatic rings. The van der Waals surface area contributed by atoms with E-state index in [-0.39, 0.29) is 11.5 Å². The molecule has 0 heterocycles. The van der Waals surface area contributed by atoms with Gasteiger partial charge in [-0.05, 0) is 41.8 Å². The van der Waals surface area contributed by atoms with Gasteiger partial charge in [-0.2, -0.15) is 0 Å². The summed E-state index contributed by atoms with van der Waals surface area (Å²) < 4.78 is 13.4. The largest absolute Gasteiger partial charge is 0.396 e. The second-order valence-electron chi connectivity index (χ2n) is 4.73. The molecule has 0 atom stereocenters. The maximum Gasteiger partial charge on any atom is 0.146 e. The van der Waals surface area contributed by atoms with E-state index < -0.39 is 0 Å². The summed E-state index contributed by atoms with van der Waals surface area (Å²) in [6.45, 7) is 2.79. The van der Waals surface area contributed by atoms with Crippen LogP contribution >= 0.6 is 0 Å². The lowest BCUT2D eigenvalue weighted by atomic mass is 10.1. The summed E-state index contributed by atoms with van der Waals surface area (Å²) in [4.78, 5) is 2.09. The Morgan fingerprint density at radius 2 is 1.68 bits per heavy atom. The standard InChI is InChI=1S/C16H19FN2/c1-3-12-4-7-14(8-5-12)19(2)11-13-6-9-16(18)15(17)10-13/h4-10H,3,11,18H2,1-2H3. The highest BCUT2D eigenvalue weighted by molar-refractivity contribution is 5.48. The van der Waals surface area contributed by atoms with Crippen molar-refractivity contribution in [2.75, 3.05) is 17.7 Å². The highest BCUT2D eigenvalue weighted by atomic mass is 19.1. The Kier molecular flexibility index (Phi) is 4.05. The topological polar surface area (TPSA) is 29.3 Å². The normalized spacial score (nSPS) is 10.5. The number of nitrogens with two attached hydrogens (primary N) is 1. The van der Waals surface area contributed by atoms with Gasteiger partial charge in [0.1, 0.15) is 5.82 Å². The van der Waals surface area contributed by atoms with Crippen LogP contribution in [0.15, 0.2) is 42.5 Å². The molecule has 19 heavy (non-hydrogen) atoms. The third-order valence-electron chi connectivity index (χ3n) is 3.27. The minimum atomic E-state index is -0.354. The Morgan fingerprint density at radius 1 is 1.05 bits per heavy atom. The van der Waals surface area contributed by atoms with Crippen molar-refractivity contribution >= 4 is 11.4 Å². The predicted molar refractivity (Wildman–Crippen MR) is 78.7 cm³/mol. The zero-order valence-corrected chi connectivity index (χ0v) is 11.4. The molecule has 0 unspecified atom stereocenters. The number of hydrogen-bond donors (Lipinski definition) is 1. The van der Waals surface area contributed by atoms with Gasteiger partial charge in [-0.25, -0.2) is 4.39 Å². The minimum absolute atomic E-state index is 0.193. The fraction of sp³-hybridized carbons (Fsp3) is 0.250. The minimum Gasteiger partial charge on any atom is -0.396 e. The molecule has 0 aliphatic heterocycles. The zero-order chi connectivity index (χ0) is 13.8. The molecule has 0 fully saturated rings. The molecule has 0 spiro atoms. The van der Waals surface area contributed by atoms with Crippen molar-refractivity contribution in [3.63, 3.8) is 0 Å². The smallest absolute Gasteiger partial charge is 0.146 e. The van der Waals surface area contributed by atoms with Crippen LogP contribution in [0.1, 0.15) is 18.1 Å². The zero-order valence-electron chi connectivity index (χ0n) is 11.4. The van der Waals surface area contributed by atoms with Crippen molar-refractivity contribution < 1.29 is 4.39 Å². The summed E-state index contributed by atoms with van der Waals surface area (Å²) >= 11 is 0. The fourth-order valence-electron chi connectivity index (χ4n) is 2.02. The quantitative estimate of drug-likeness (QED) is 0.849. The number of nitrogens with zero attached hydrogens (tertiary/aromatic N) is 1. The highest BCUT2D eigenvalue weighted by Crippen LogP contribution is 2.18. The maximum atomic E-state index is 13.4. The van der Waals surface area contributed by atoms with E-state index in [1.165, 1.54) is 11.6 Å². The maximum absolute atomic E-state index is 13.4. The molecule has 2 N–H and O–H groups in total. The lowest BCUT2D eigenvalue weighted by Gasteiger charge is -2.20. The van der Waals surface area contributed by atoms with Crippen LogP contribution in [-0.2, 0) is 13.0 Å². The summed E-state index contributed by atoms with van der Waals surface area (Å²) in [5.41, 5.74) is 9.01. The Labute approximate surface area is 113 Å². The van der Waals surface area contributed by atoms with Crippen molar-refractivity contribution in [3.8, 4) is 0 Å². The molecule has 100 valence electrons. The van der Waals surface area contributed by atoms with Crippen molar-refractivity contribution in [2.45, 2.75) is 19.9 Å². The molecule has 2 nitrogen and oxygen atoms in total. The molecular weight excluding hydrogens is 239 g/mol. The average Bonchev–Trinajstić information content (AvgIpc) is 2.43. The van der Waals surface area contributed by atoms with E-state index in [2.05, 4.69) is 36.1 Å². The first-order chi connectivity index (χ1) is 9.10. The van der Waals surface area contributed by atoms with Gasteiger partial charge in [0.25, 0.3) is 0 Å². The van der Waals surface area contributed by atoms with Crippen LogP contribution in [0.25, 0.3) is 0 Å². The highest BCUT2D eigenvalue weighted by Gasteiger charge is 2.05. The monoisotopic (exact) mass is 258 g/mol. The van der Waals surface area contributed by atoms with Gasteiger partial charge in [-0.3, -0.25) is 0 Å². The van der Waals surface area contributed by atoms with Gasteiger partial charge in [-0.15, -0.1) is 0 Å². The number of halogens is 1. The number of benzene rings is 2. The molecule has 0 saturated carbocycles. The molecule has 0 radical (unpaired) electrons. The molecule has 0 amide bonds. The van der Waals surface area contributed by atoms with Gasteiger partial charge in [0.05, 0.1) is 5.69 Å². The van der Waals surface area contributed by atoms with E-state index in [9.17, 15) is 4.39 Å². The van der Waals surface area contributed by atoms with Crippen LogP contribution in [0.5, 0.6) is 0 Å². The van der Waals surface area contributed by atoms with Crippen LogP contribution < -0.4 is 10.6 Å². The third kappa shape index (κ3) is 3.25. The van der Waals surface area contributed by atoms with Crippen LogP contribution in [0.2, 0.25) is 0 Å². The number of nitrogen functional groups attached to an aromatic ring is 1. The van der Waals surface area contributed by atoms with E-state index in [0.29, 0.717) is 6.54 Å². The van der Waals surface area contributed by atoms with Gasteiger partial charge < -0.3 is 10.6 Å². The second kappa shape index (κ2) is 5.74. The van der Waals surface area contributed by atoms with Crippen molar-refractivity contribution in [1.82, 2.24) is 0 Å².